The predicted octanol–water partition coefficient (Wildman–Crippen LogP) is 1.43. The first-order chi connectivity index (χ1) is 9.00. The van der Waals surface area contributed by atoms with Crippen molar-refractivity contribution >= 4 is 28.2 Å². The van der Waals surface area contributed by atoms with Crippen molar-refractivity contribution in [1.82, 2.24) is 4.90 Å². The summed E-state index contributed by atoms with van der Waals surface area (Å²) in [6.07, 6.45) is 1.41. The van der Waals surface area contributed by atoms with Gasteiger partial charge in [-0.3, -0.25) is 9.69 Å². The van der Waals surface area contributed by atoms with E-state index in [0.717, 1.165) is 6.42 Å². The van der Waals surface area contributed by atoms with Crippen molar-refractivity contribution in [3.63, 3.8) is 0 Å². The summed E-state index contributed by atoms with van der Waals surface area (Å²) in [4.78, 5) is 13.0. The van der Waals surface area contributed by atoms with E-state index in [1.165, 1.54) is 0 Å². The lowest BCUT2D eigenvalue weighted by atomic mass is 10.2. The minimum Gasteiger partial charge on any atom is -0.480 e. The highest BCUT2D eigenvalue weighted by Gasteiger charge is 2.31. The van der Waals surface area contributed by atoms with Crippen LogP contribution >= 0.6 is 12.4 Å². The maximum absolute atomic E-state index is 12.1. The highest BCUT2D eigenvalue weighted by atomic mass is 35.5. The molecule has 0 unspecified atom stereocenters. The number of aliphatic carboxylic acids is 1. The quantitative estimate of drug-likeness (QED) is 0.888. The van der Waals surface area contributed by atoms with Crippen LogP contribution < -0.4 is 0 Å². The highest BCUT2D eigenvalue weighted by Crippen LogP contribution is 2.18. The number of nitrogens with zero attached hydrogens (tertiary/aromatic N) is 1. The Morgan fingerprint density at radius 3 is 2.55 bits per heavy atom. The number of sulfone groups is 1. The molecule has 20 heavy (non-hydrogen) atoms. The van der Waals surface area contributed by atoms with Crippen molar-refractivity contribution in [2.45, 2.75) is 23.8 Å². The molecule has 0 spiro atoms. The largest absolute Gasteiger partial charge is 0.480 e. The zero-order valence-corrected chi connectivity index (χ0v) is 12.6. The molecule has 5 nitrogen and oxygen atoms in total. The lowest BCUT2D eigenvalue weighted by Gasteiger charge is -2.20. The molecule has 1 atom stereocenters. The summed E-state index contributed by atoms with van der Waals surface area (Å²) >= 11 is 0. The number of hydrogen-bond acceptors (Lipinski definition) is 4. The van der Waals surface area contributed by atoms with E-state index in [1.807, 2.05) is 0 Å². The van der Waals surface area contributed by atoms with E-state index in [4.69, 9.17) is 5.11 Å². The number of carboxylic acid groups (broad SMARTS) is 1. The summed E-state index contributed by atoms with van der Waals surface area (Å²) in [6, 6.07) is 7.72. The van der Waals surface area contributed by atoms with Crippen molar-refractivity contribution < 1.29 is 18.3 Å². The number of likely N-dealkylation sites (tertiary alicyclic amines) is 1. The van der Waals surface area contributed by atoms with Crippen LogP contribution in [0.15, 0.2) is 35.2 Å². The fraction of sp³-hybridized carbons (Fsp3) is 0.462. The zero-order chi connectivity index (χ0) is 13.9. The second kappa shape index (κ2) is 7.06. The molecule has 0 amide bonds. The molecule has 1 aromatic carbocycles. The second-order valence-electron chi connectivity index (χ2n) is 4.66. The Morgan fingerprint density at radius 1 is 1.30 bits per heavy atom. The van der Waals surface area contributed by atoms with Gasteiger partial charge in [0.05, 0.1) is 10.6 Å². The third-order valence-corrected chi connectivity index (χ3v) is 5.11. The van der Waals surface area contributed by atoms with Gasteiger partial charge in [-0.1, -0.05) is 18.2 Å². The molecule has 112 valence electrons. The molecule has 1 fully saturated rings. The molecule has 0 aliphatic carbocycles. The lowest BCUT2D eigenvalue weighted by molar-refractivity contribution is -0.142. The average Bonchev–Trinajstić information content (AvgIpc) is 2.86. The zero-order valence-electron chi connectivity index (χ0n) is 10.9. The molecule has 1 saturated heterocycles. The van der Waals surface area contributed by atoms with Crippen LogP contribution in [0.3, 0.4) is 0 Å². The Kier molecular flexibility index (Phi) is 5.98. The third-order valence-electron chi connectivity index (χ3n) is 3.40. The molecule has 0 saturated carbocycles. The Morgan fingerprint density at radius 2 is 1.95 bits per heavy atom. The Bertz CT molecular complexity index is 547. The number of carboxylic acids is 1. The molecular formula is C13H18ClNO4S. The van der Waals surface area contributed by atoms with Gasteiger partial charge in [0.25, 0.3) is 0 Å². The van der Waals surface area contributed by atoms with Crippen LogP contribution in [0.4, 0.5) is 0 Å². The summed E-state index contributed by atoms with van der Waals surface area (Å²) in [5.74, 6) is -0.907. The summed E-state index contributed by atoms with van der Waals surface area (Å²) in [7, 11) is -3.33. The average molecular weight is 320 g/mol. The van der Waals surface area contributed by atoms with Crippen molar-refractivity contribution in [2.75, 3.05) is 18.8 Å². The number of benzene rings is 1. The summed E-state index contributed by atoms with van der Waals surface area (Å²) in [5.41, 5.74) is 0. The van der Waals surface area contributed by atoms with Gasteiger partial charge in [-0.15, -0.1) is 12.4 Å². The molecule has 0 aromatic heterocycles. The van der Waals surface area contributed by atoms with Gasteiger partial charge in [-0.05, 0) is 31.5 Å². The summed E-state index contributed by atoms with van der Waals surface area (Å²) in [5, 5.41) is 9.04. The van der Waals surface area contributed by atoms with Gasteiger partial charge in [0.15, 0.2) is 9.84 Å². The molecule has 0 bridgehead atoms. The first-order valence-corrected chi connectivity index (χ1v) is 7.90. The van der Waals surface area contributed by atoms with E-state index in [2.05, 4.69) is 0 Å². The third kappa shape index (κ3) is 3.94. The van der Waals surface area contributed by atoms with Gasteiger partial charge < -0.3 is 5.11 Å². The Hall–Kier alpha value is -1.11. The van der Waals surface area contributed by atoms with Crippen molar-refractivity contribution in [3.8, 4) is 0 Å². The topological polar surface area (TPSA) is 74.7 Å². The minimum absolute atomic E-state index is 0. The van der Waals surface area contributed by atoms with Crippen LogP contribution in [-0.2, 0) is 14.6 Å². The molecule has 7 heteroatoms. The molecule has 1 aliphatic heterocycles. The van der Waals surface area contributed by atoms with Crippen LogP contribution in [0.5, 0.6) is 0 Å². The first-order valence-electron chi connectivity index (χ1n) is 6.25. The minimum atomic E-state index is -3.33. The van der Waals surface area contributed by atoms with Gasteiger partial charge >= 0.3 is 5.97 Å². The van der Waals surface area contributed by atoms with E-state index >= 15 is 0 Å². The van der Waals surface area contributed by atoms with Crippen molar-refractivity contribution in [3.05, 3.63) is 30.3 Å². The standard InChI is InChI=1S/C13H17NO4S.ClH/c15-13(16)12-7-4-8-14(12)9-10-19(17,18)11-5-2-1-3-6-11;/h1-3,5-6,12H,4,7-10H2,(H,15,16);1H/t12-;/m0./s1. The van der Waals surface area contributed by atoms with E-state index in [9.17, 15) is 13.2 Å². The normalized spacial score (nSPS) is 19.5. The Labute approximate surface area is 124 Å². The summed E-state index contributed by atoms with van der Waals surface area (Å²) in [6.45, 7) is 0.926. The fourth-order valence-corrected chi connectivity index (χ4v) is 3.64. The van der Waals surface area contributed by atoms with Crippen LogP contribution in [0.1, 0.15) is 12.8 Å². The second-order valence-corrected chi connectivity index (χ2v) is 6.77. The highest BCUT2D eigenvalue weighted by molar-refractivity contribution is 7.91. The van der Waals surface area contributed by atoms with Crippen molar-refractivity contribution in [2.24, 2.45) is 0 Å². The first kappa shape index (κ1) is 16.9. The maximum Gasteiger partial charge on any atom is 0.320 e. The molecule has 1 aliphatic rings. The molecule has 2 rings (SSSR count). The van der Waals surface area contributed by atoms with Gasteiger partial charge in [-0.2, -0.15) is 0 Å². The molecule has 1 N–H and O–H groups in total. The lowest BCUT2D eigenvalue weighted by Crippen LogP contribution is -2.38. The van der Waals surface area contributed by atoms with Gasteiger partial charge in [0.1, 0.15) is 6.04 Å². The van der Waals surface area contributed by atoms with Gasteiger partial charge in [-0.25, -0.2) is 8.42 Å². The fourth-order valence-electron chi connectivity index (χ4n) is 2.36. The molecule has 1 aromatic rings. The van der Waals surface area contributed by atoms with Gasteiger partial charge in [0, 0.05) is 6.54 Å². The smallest absolute Gasteiger partial charge is 0.320 e. The number of carbonyl (C=O) groups is 1. The van der Waals surface area contributed by atoms with Crippen LogP contribution in [0, 0.1) is 0 Å². The van der Waals surface area contributed by atoms with Gasteiger partial charge in [0.2, 0.25) is 0 Å². The molecular weight excluding hydrogens is 302 g/mol. The van der Waals surface area contributed by atoms with E-state index < -0.39 is 21.8 Å². The Balaban J connectivity index is 0.00000200. The van der Waals surface area contributed by atoms with E-state index in [-0.39, 0.29) is 24.7 Å². The SMILES string of the molecule is Cl.O=C(O)[C@@H]1CCCN1CCS(=O)(=O)c1ccccc1. The summed E-state index contributed by atoms with van der Waals surface area (Å²) < 4.78 is 24.2. The number of hydrogen-bond donors (Lipinski definition) is 1. The molecule has 1 heterocycles. The van der Waals surface area contributed by atoms with Crippen LogP contribution in [0.2, 0.25) is 0 Å². The predicted molar refractivity (Wildman–Crippen MR) is 78.0 cm³/mol. The maximum atomic E-state index is 12.1. The monoisotopic (exact) mass is 319 g/mol. The van der Waals surface area contributed by atoms with Crippen molar-refractivity contribution in [1.29, 1.82) is 0 Å². The van der Waals surface area contributed by atoms with Crippen LogP contribution in [0.25, 0.3) is 0 Å². The van der Waals surface area contributed by atoms with E-state index in [1.54, 1.807) is 35.2 Å². The molecule has 0 radical (unpaired) electrons. The number of halogens is 1. The van der Waals surface area contributed by atoms with Crippen LogP contribution in [-0.4, -0.2) is 49.3 Å². The number of rotatable bonds is 5. The van der Waals surface area contributed by atoms with E-state index in [0.29, 0.717) is 17.9 Å².